The van der Waals surface area contributed by atoms with Crippen LogP contribution in [0.2, 0.25) is 0 Å². The van der Waals surface area contributed by atoms with Gasteiger partial charge in [-0.25, -0.2) is 4.79 Å². The number of carbonyl (C=O) groups excluding carboxylic acids is 1. The number of nitrogens with zero attached hydrogens (tertiary/aromatic N) is 1. The van der Waals surface area contributed by atoms with Crippen LogP contribution in [0.25, 0.3) is 22.0 Å². The van der Waals surface area contributed by atoms with Gasteiger partial charge in [-0.1, -0.05) is 91.0 Å². The second-order valence-electron chi connectivity index (χ2n) is 9.12. The molecule has 0 atom stereocenters. The highest BCUT2D eigenvalue weighted by atomic mass is 16.4. The molecule has 1 aromatic heterocycles. The lowest BCUT2D eigenvalue weighted by molar-refractivity contribution is -0.131. The maximum atomic E-state index is 12.2. The van der Waals surface area contributed by atoms with Gasteiger partial charge in [0.1, 0.15) is 0 Å². The van der Waals surface area contributed by atoms with Crippen LogP contribution in [0.4, 0.5) is 5.69 Å². The lowest BCUT2D eigenvalue weighted by atomic mass is 9.90. The first-order valence-electron chi connectivity index (χ1n) is 12.5. The minimum atomic E-state index is -1.45. The molecule has 0 saturated carbocycles. The van der Waals surface area contributed by atoms with Crippen molar-refractivity contribution in [3.05, 3.63) is 138 Å². The Hall–Kier alpha value is -4.90. The first kappa shape index (κ1) is 24.8. The standard InChI is InChI=1S/C33H28N2O3/c1-23(24-10-4-2-5-11-24)31(25-12-6-3-7-13-25)26-16-18-27(19-17-26)34-20-21-35-22-29(32(36)33(37)38)28-14-8-9-15-30(28)35/h2-19,22,34H,20-21H2,1H3,(H,37,38). The lowest BCUT2D eigenvalue weighted by Gasteiger charge is -2.15. The van der Waals surface area contributed by atoms with Gasteiger partial charge in [-0.3, -0.25) is 4.79 Å². The average molecular weight is 501 g/mol. The van der Waals surface area contributed by atoms with Crippen molar-refractivity contribution in [2.75, 3.05) is 11.9 Å². The largest absolute Gasteiger partial charge is 0.475 e. The van der Waals surface area contributed by atoms with E-state index in [0.717, 1.165) is 16.8 Å². The Balaban J connectivity index is 1.36. The zero-order chi connectivity index (χ0) is 26.5. The molecule has 0 aliphatic carbocycles. The van der Waals surface area contributed by atoms with Crippen molar-refractivity contribution in [3.63, 3.8) is 0 Å². The molecule has 5 nitrogen and oxygen atoms in total. The van der Waals surface area contributed by atoms with Crippen LogP contribution in [0.5, 0.6) is 0 Å². The molecule has 0 spiro atoms. The fourth-order valence-corrected chi connectivity index (χ4v) is 4.84. The summed E-state index contributed by atoms with van der Waals surface area (Å²) in [6.45, 7) is 3.36. The van der Waals surface area contributed by atoms with Gasteiger partial charge in [-0.15, -0.1) is 0 Å². The number of anilines is 1. The van der Waals surface area contributed by atoms with Gasteiger partial charge in [0.2, 0.25) is 0 Å². The summed E-state index contributed by atoms with van der Waals surface area (Å²) in [5, 5.41) is 13.3. The Bertz CT molecular complexity index is 1620. The van der Waals surface area contributed by atoms with Crippen molar-refractivity contribution in [2.45, 2.75) is 13.5 Å². The summed E-state index contributed by atoms with van der Waals surface area (Å²) in [6.07, 6.45) is 1.63. The molecule has 0 amide bonds. The summed E-state index contributed by atoms with van der Waals surface area (Å²) in [5.41, 5.74) is 7.93. The number of carboxylic acid groups (broad SMARTS) is 1. The summed E-state index contributed by atoms with van der Waals surface area (Å²) in [5.74, 6) is -2.34. The summed E-state index contributed by atoms with van der Waals surface area (Å²) >= 11 is 0. The predicted octanol–water partition coefficient (Wildman–Crippen LogP) is 7.00. The highest BCUT2D eigenvalue weighted by molar-refractivity contribution is 6.42. The third-order valence-corrected chi connectivity index (χ3v) is 6.73. The molecule has 0 saturated heterocycles. The first-order chi connectivity index (χ1) is 18.5. The fraction of sp³-hybridized carbons (Fsp3) is 0.0909. The van der Waals surface area contributed by atoms with E-state index in [1.807, 2.05) is 34.9 Å². The molecule has 5 heteroatoms. The molecule has 5 aromatic rings. The summed E-state index contributed by atoms with van der Waals surface area (Å²) < 4.78 is 1.92. The van der Waals surface area contributed by atoms with Crippen molar-refractivity contribution in [1.82, 2.24) is 4.57 Å². The molecule has 188 valence electrons. The number of ketones is 1. The number of hydrogen-bond donors (Lipinski definition) is 2. The number of Topliss-reactive ketones (excluding diaryl/α,β-unsaturated/α-hetero) is 1. The molecular formula is C33H28N2O3. The summed E-state index contributed by atoms with van der Waals surface area (Å²) in [7, 11) is 0. The van der Waals surface area contributed by atoms with Crippen molar-refractivity contribution in [3.8, 4) is 0 Å². The van der Waals surface area contributed by atoms with Crippen LogP contribution in [-0.2, 0) is 11.3 Å². The molecular weight excluding hydrogens is 472 g/mol. The Morgan fingerprint density at radius 3 is 1.97 bits per heavy atom. The van der Waals surface area contributed by atoms with E-state index in [2.05, 4.69) is 85.0 Å². The van der Waals surface area contributed by atoms with Crippen molar-refractivity contribution >= 4 is 39.5 Å². The summed E-state index contributed by atoms with van der Waals surface area (Å²) in [4.78, 5) is 23.4. The predicted molar refractivity (Wildman–Crippen MR) is 153 cm³/mol. The third kappa shape index (κ3) is 5.13. The van der Waals surface area contributed by atoms with E-state index in [4.69, 9.17) is 0 Å². The molecule has 5 rings (SSSR count). The van der Waals surface area contributed by atoms with Gasteiger partial charge in [0.25, 0.3) is 5.78 Å². The number of para-hydroxylation sites is 1. The van der Waals surface area contributed by atoms with Crippen LogP contribution in [-0.4, -0.2) is 28.0 Å². The molecule has 0 aliphatic heterocycles. The molecule has 1 heterocycles. The maximum Gasteiger partial charge on any atom is 0.377 e. The zero-order valence-corrected chi connectivity index (χ0v) is 21.1. The van der Waals surface area contributed by atoms with Crippen molar-refractivity contribution < 1.29 is 14.7 Å². The van der Waals surface area contributed by atoms with Gasteiger partial charge in [0, 0.05) is 35.9 Å². The van der Waals surface area contributed by atoms with Gasteiger partial charge in [0.05, 0.1) is 5.56 Å². The number of carbonyl (C=O) groups is 2. The fourth-order valence-electron chi connectivity index (χ4n) is 4.84. The molecule has 38 heavy (non-hydrogen) atoms. The van der Waals surface area contributed by atoms with E-state index in [1.54, 1.807) is 12.3 Å². The Morgan fingerprint density at radius 1 is 0.737 bits per heavy atom. The van der Waals surface area contributed by atoms with E-state index in [-0.39, 0.29) is 5.56 Å². The van der Waals surface area contributed by atoms with E-state index in [0.29, 0.717) is 18.5 Å². The average Bonchev–Trinajstić information content (AvgIpc) is 3.33. The van der Waals surface area contributed by atoms with Crippen LogP contribution in [0, 0.1) is 0 Å². The highest BCUT2D eigenvalue weighted by Crippen LogP contribution is 2.32. The lowest BCUT2D eigenvalue weighted by Crippen LogP contribution is -2.13. The quantitative estimate of drug-likeness (QED) is 0.130. The maximum absolute atomic E-state index is 12.2. The zero-order valence-electron chi connectivity index (χ0n) is 21.1. The van der Waals surface area contributed by atoms with Crippen molar-refractivity contribution in [2.24, 2.45) is 0 Å². The smallest absolute Gasteiger partial charge is 0.377 e. The van der Waals surface area contributed by atoms with Gasteiger partial charge in [0.15, 0.2) is 0 Å². The van der Waals surface area contributed by atoms with Crippen LogP contribution >= 0.6 is 0 Å². The van der Waals surface area contributed by atoms with Crippen molar-refractivity contribution in [1.29, 1.82) is 0 Å². The molecule has 0 unspecified atom stereocenters. The van der Waals surface area contributed by atoms with Gasteiger partial charge in [-0.05, 0) is 53.0 Å². The number of aliphatic carboxylic acids is 1. The number of carboxylic acids is 1. The SMILES string of the molecule is CC(=C(c1ccccc1)c1ccc(NCCn2cc(C(=O)C(=O)O)c3ccccc32)cc1)c1ccccc1. The van der Waals surface area contributed by atoms with Crippen LogP contribution in [0.1, 0.15) is 34.0 Å². The second-order valence-corrected chi connectivity index (χ2v) is 9.12. The van der Waals surface area contributed by atoms with E-state index in [9.17, 15) is 14.7 Å². The number of benzene rings is 4. The molecule has 0 fully saturated rings. The number of rotatable bonds is 9. The Morgan fingerprint density at radius 2 is 1.32 bits per heavy atom. The van der Waals surface area contributed by atoms with E-state index in [1.165, 1.54) is 22.3 Å². The minimum Gasteiger partial charge on any atom is -0.475 e. The molecule has 4 aromatic carbocycles. The third-order valence-electron chi connectivity index (χ3n) is 6.73. The monoisotopic (exact) mass is 500 g/mol. The highest BCUT2D eigenvalue weighted by Gasteiger charge is 2.20. The van der Waals surface area contributed by atoms with E-state index >= 15 is 0 Å². The van der Waals surface area contributed by atoms with Crippen LogP contribution in [0.15, 0.2) is 115 Å². The van der Waals surface area contributed by atoms with Crippen LogP contribution in [0.3, 0.4) is 0 Å². The number of hydrogen-bond acceptors (Lipinski definition) is 3. The van der Waals surface area contributed by atoms with Crippen LogP contribution < -0.4 is 5.32 Å². The molecule has 0 bridgehead atoms. The number of allylic oxidation sites excluding steroid dienone is 1. The van der Waals surface area contributed by atoms with Gasteiger partial charge >= 0.3 is 5.97 Å². The van der Waals surface area contributed by atoms with Gasteiger partial charge in [-0.2, -0.15) is 0 Å². The topological polar surface area (TPSA) is 71.3 Å². The normalized spacial score (nSPS) is 11.7. The number of nitrogens with one attached hydrogen (secondary N) is 1. The Labute approximate surface area is 221 Å². The molecule has 2 N–H and O–H groups in total. The number of aromatic nitrogens is 1. The summed E-state index contributed by atoms with van der Waals surface area (Å²) in [6, 6.07) is 36.6. The molecule has 0 aliphatic rings. The minimum absolute atomic E-state index is 0.214. The number of fused-ring (bicyclic) bond motifs is 1. The molecule has 0 radical (unpaired) electrons. The van der Waals surface area contributed by atoms with E-state index < -0.39 is 11.8 Å². The first-order valence-corrected chi connectivity index (χ1v) is 12.5. The van der Waals surface area contributed by atoms with Gasteiger partial charge < -0.3 is 15.0 Å². The Kier molecular flexibility index (Phi) is 7.18. The second kappa shape index (κ2) is 11.0.